The Morgan fingerprint density at radius 1 is 1.28 bits per heavy atom. The van der Waals surface area contributed by atoms with Gasteiger partial charge in [-0.1, -0.05) is 18.3 Å². The van der Waals surface area contributed by atoms with Crippen LogP contribution in [-0.2, 0) is 24.8 Å². The van der Waals surface area contributed by atoms with E-state index in [1.54, 1.807) is 12.1 Å². The van der Waals surface area contributed by atoms with Gasteiger partial charge in [-0.3, -0.25) is 4.79 Å². The van der Waals surface area contributed by atoms with Gasteiger partial charge in [-0.15, -0.1) is 0 Å². The van der Waals surface area contributed by atoms with Crippen LogP contribution in [0.3, 0.4) is 0 Å². The van der Waals surface area contributed by atoms with E-state index in [9.17, 15) is 21.6 Å². The second-order valence-corrected chi connectivity index (χ2v) is 13.2. The number of nitrogens with zero attached hydrogens (tertiary/aromatic N) is 3. The molecule has 0 aliphatic carbocycles. The van der Waals surface area contributed by atoms with Gasteiger partial charge in [0.2, 0.25) is 26.0 Å². The number of fused-ring (bicyclic) bond motifs is 1. The van der Waals surface area contributed by atoms with Gasteiger partial charge in [0.25, 0.3) is 0 Å². The Labute approximate surface area is 193 Å². The number of amides is 1. The van der Waals surface area contributed by atoms with Gasteiger partial charge in [-0.05, 0) is 31.5 Å². The van der Waals surface area contributed by atoms with Crippen LogP contribution in [0.15, 0.2) is 23.1 Å². The molecule has 0 saturated carbocycles. The topological polar surface area (TPSA) is 129 Å². The largest absolute Gasteiger partial charge is 0.354 e. The molecule has 13 heteroatoms. The Morgan fingerprint density at radius 2 is 1.97 bits per heavy atom. The molecule has 3 rings (SSSR count). The van der Waals surface area contributed by atoms with Crippen molar-refractivity contribution in [1.82, 2.24) is 19.3 Å². The third kappa shape index (κ3) is 5.39. The number of benzene rings is 1. The van der Waals surface area contributed by atoms with Crippen molar-refractivity contribution in [3.05, 3.63) is 18.2 Å². The van der Waals surface area contributed by atoms with Crippen molar-refractivity contribution in [2.75, 3.05) is 38.6 Å². The SMILES string of the molecule is CCC(C)NC(=O)CCNS(=O)(=O)c1ccc2nc(N3CC(S(=O)(=O)N(C)C)C3)sc2c1. The second-order valence-electron chi connectivity index (χ2n) is 8.00. The highest BCUT2D eigenvalue weighted by atomic mass is 32.2. The van der Waals surface area contributed by atoms with Gasteiger partial charge in [0.05, 0.1) is 15.1 Å². The lowest BCUT2D eigenvalue weighted by molar-refractivity contribution is -0.121. The van der Waals surface area contributed by atoms with E-state index in [0.29, 0.717) is 28.4 Å². The van der Waals surface area contributed by atoms with Crippen molar-refractivity contribution in [2.45, 2.75) is 42.9 Å². The van der Waals surface area contributed by atoms with Crippen LogP contribution < -0.4 is 14.9 Å². The molecule has 10 nitrogen and oxygen atoms in total. The van der Waals surface area contributed by atoms with E-state index in [1.165, 1.54) is 35.8 Å². The van der Waals surface area contributed by atoms with Crippen molar-refractivity contribution in [3.63, 3.8) is 0 Å². The van der Waals surface area contributed by atoms with Crippen LogP contribution in [0.5, 0.6) is 0 Å². The summed E-state index contributed by atoms with van der Waals surface area (Å²) in [6.07, 6.45) is 0.861. The van der Waals surface area contributed by atoms with Crippen LogP contribution in [0, 0.1) is 0 Å². The summed E-state index contributed by atoms with van der Waals surface area (Å²) < 4.78 is 54.0. The molecule has 2 heterocycles. The zero-order valence-electron chi connectivity index (χ0n) is 18.5. The van der Waals surface area contributed by atoms with Gasteiger partial charge in [-0.2, -0.15) is 0 Å². The monoisotopic (exact) mass is 503 g/mol. The van der Waals surface area contributed by atoms with E-state index >= 15 is 0 Å². The Bertz CT molecular complexity index is 1190. The Hall–Kier alpha value is -1.80. The number of thiazole rings is 1. The molecule has 0 spiro atoms. The molecule has 32 heavy (non-hydrogen) atoms. The van der Waals surface area contributed by atoms with Gasteiger partial charge in [0.15, 0.2) is 5.13 Å². The van der Waals surface area contributed by atoms with Gasteiger partial charge in [-0.25, -0.2) is 30.8 Å². The summed E-state index contributed by atoms with van der Waals surface area (Å²) in [7, 11) is -4.04. The summed E-state index contributed by atoms with van der Waals surface area (Å²) in [5.41, 5.74) is 0.649. The van der Waals surface area contributed by atoms with Gasteiger partial charge < -0.3 is 10.2 Å². The molecule has 1 aromatic heterocycles. The smallest absolute Gasteiger partial charge is 0.240 e. The summed E-state index contributed by atoms with van der Waals surface area (Å²) in [6.45, 7) is 4.56. The summed E-state index contributed by atoms with van der Waals surface area (Å²) in [4.78, 5) is 18.3. The lowest BCUT2D eigenvalue weighted by Crippen LogP contribution is -2.57. The number of anilines is 1. The molecule has 2 N–H and O–H groups in total. The number of sulfonamides is 2. The molecular weight excluding hydrogens is 474 g/mol. The minimum absolute atomic E-state index is 0.00605. The first-order chi connectivity index (χ1) is 14.9. The number of hydrogen-bond donors (Lipinski definition) is 2. The maximum Gasteiger partial charge on any atom is 0.240 e. The lowest BCUT2D eigenvalue weighted by atomic mass is 10.2. The predicted molar refractivity (Wildman–Crippen MR) is 126 cm³/mol. The summed E-state index contributed by atoms with van der Waals surface area (Å²) in [5.74, 6) is -0.200. The standard InChI is InChI=1S/C19H29N5O5S3/c1-5-13(2)21-18(25)8-9-20-31(26,27)14-6-7-16-17(10-14)30-19(22-16)24-11-15(12-24)32(28,29)23(3)4/h6-7,10,13,15,20H,5,8-9,11-12H2,1-4H3,(H,21,25). The third-order valence-corrected chi connectivity index (χ3v) is 10.1. The highest BCUT2D eigenvalue weighted by Crippen LogP contribution is 2.34. The normalized spacial score (nSPS) is 16.3. The number of carbonyl (C=O) groups is 1. The van der Waals surface area contributed by atoms with Gasteiger partial charge >= 0.3 is 0 Å². The molecule has 0 radical (unpaired) electrons. The first-order valence-electron chi connectivity index (χ1n) is 10.3. The van der Waals surface area contributed by atoms with E-state index in [1.807, 2.05) is 18.7 Å². The van der Waals surface area contributed by atoms with Crippen molar-refractivity contribution in [1.29, 1.82) is 0 Å². The first kappa shape index (κ1) is 24.8. The number of hydrogen-bond acceptors (Lipinski definition) is 8. The minimum atomic E-state index is -3.77. The number of aromatic nitrogens is 1. The van der Waals surface area contributed by atoms with Crippen molar-refractivity contribution >= 4 is 52.6 Å². The predicted octanol–water partition coefficient (Wildman–Crippen LogP) is 0.959. The average molecular weight is 504 g/mol. The van der Waals surface area contributed by atoms with Crippen LogP contribution in [0.2, 0.25) is 0 Å². The molecule has 1 aromatic carbocycles. The molecule has 1 atom stereocenters. The zero-order valence-corrected chi connectivity index (χ0v) is 21.0. The van der Waals surface area contributed by atoms with Crippen molar-refractivity contribution in [2.24, 2.45) is 0 Å². The number of rotatable bonds is 10. The highest BCUT2D eigenvalue weighted by Gasteiger charge is 2.39. The molecular formula is C19H29N5O5S3. The first-order valence-corrected chi connectivity index (χ1v) is 14.1. The minimum Gasteiger partial charge on any atom is -0.354 e. The van der Waals surface area contributed by atoms with Crippen molar-refractivity contribution < 1.29 is 21.6 Å². The molecule has 1 amide bonds. The van der Waals surface area contributed by atoms with E-state index < -0.39 is 25.3 Å². The van der Waals surface area contributed by atoms with Crippen LogP contribution in [0.25, 0.3) is 10.2 Å². The van der Waals surface area contributed by atoms with E-state index in [0.717, 1.165) is 6.42 Å². The van der Waals surface area contributed by atoms with E-state index in [2.05, 4.69) is 15.0 Å². The van der Waals surface area contributed by atoms with Crippen molar-refractivity contribution in [3.8, 4) is 0 Å². The van der Waals surface area contributed by atoms with Crippen LogP contribution in [-0.4, -0.2) is 77.1 Å². The Morgan fingerprint density at radius 3 is 2.59 bits per heavy atom. The van der Waals surface area contributed by atoms with Gasteiger partial charge in [0.1, 0.15) is 5.25 Å². The molecule has 1 unspecified atom stereocenters. The van der Waals surface area contributed by atoms with Crippen LogP contribution in [0.1, 0.15) is 26.7 Å². The molecule has 1 aliphatic heterocycles. The summed E-state index contributed by atoms with van der Waals surface area (Å²) >= 11 is 1.32. The lowest BCUT2D eigenvalue weighted by Gasteiger charge is -2.39. The Kier molecular flexibility index (Phi) is 7.44. The molecule has 1 saturated heterocycles. The quantitative estimate of drug-likeness (QED) is 0.494. The third-order valence-electron chi connectivity index (χ3n) is 5.37. The summed E-state index contributed by atoms with van der Waals surface area (Å²) in [6, 6.07) is 4.70. The maximum absolute atomic E-state index is 12.6. The second kappa shape index (κ2) is 9.59. The molecule has 2 aromatic rings. The molecule has 178 valence electrons. The molecule has 1 fully saturated rings. The fourth-order valence-electron chi connectivity index (χ4n) is 3.11. The highest BCUT2D eigenvalue weighted by molar-refractivity contribution is 7.90. The van der Waals surface area contributed by atoms with Crippen LogP contribution in [0.4, 0.5) is 5.13 Å². The van der Waals surface area contributed by atoms with Gasteiger partial charge in [0, 0.05) is 46.2 Å². The fourth-order valence-corrected chi connectivity index (χ4v) is 6.60. The number of nitrogens with one attached hydrogen (secondary N) is 2. The summed E-state index contributed by atoms with van der Waals surface area (Å²) in [5, 5.41) is 2.99. The Balaban J connectivity index is 1.64. The fraction of sp³-hybridized carbons (Fsp3) is 0.579. The number of carbonyl (C=O) groups excluding carboxylic acids is 1. The van der Waals surface area contributed by atoms with E-state index in [4.69, 9.17) is 0 Å². The molecule has 0 bridgehead atoms. The van der Waals surface area contributed by atoms with Crippen LogP contribution >= 0.6 is 11.3 Å². The zero-order chi connectivity index (χ0) is 23.7. The maximum atomic E-state index is 12.6. The molecule has 1 aliphatic rings. The average Bonchev–Trinajstić information content (AvgIpc) is 3.08. The van der Waals surface area contributed by atoms with E-state index in [-0.39, 0.29) is 29.8 Å².